The lowest BCUT2D eigenvalue weighted by molar-refractivity contribution is -0.937. The number of morpholine rings is 1. The summed E-state index contributed by atoms with van der Waals surface area (Å²) >= 11 is 0. The molecule has 156 valence electrons. The van der Waals surface area contributed by atoms with Gasteiger partial charge in [0.05, 0.1) is 25.3 Å². The van der Waals surface area contributed by atoms with Gasteiger partial charge in [-0.1, -0.05) is 18.2 Å². The molecule has 1 heterocycles. The molecule has 0 aromatic heterocycles. The van der Waals surface area contributed by atoms with E-state index in [1.807, 2.05) is 0 Å². The van der Waals surface area contributed by atoms with Gasteiger partial charge in [-0.25, -0.2) is 9.18 Å². The molecule has 2 aromatic rings. The molecule has 5 nitrogen and oxygen atoms in total. The first-order valence-corrected chi connectivity index (χ1v) is 9.23. The average Bonchev–Trinajstić information content (AvgIpc) is 2.70. The van der Waals surface area contributed by atoms with Gasteiger partial charge in [-0.05, 0) is 30.3 Å². The summed E-state index contributed by atoms with van der Waals surface area (Å²) in [6.45, 7) is 2.89. The van der Waals surface area contributed by atoms with Crippen molar-refractivity contribution in [2.45, 2.75) is 12.2 Å². The molecule has 3 N–H and O–H groups in total. The standard InChI is InChI=1S/C20H21F4N3O2/c21-16-6-4-14(5-7-16)18(27-8-10-29-11-9-27)13-25-19(28)26-17-3-1-2-15(12-17)20(22,23)24/h1-7,12,18H,8-11,13H2,(H2,25,26,28)/p+1/t18-/m1/s1. The highest BCUT2D eigenvalue weighted by molar-refractivity contribution is 5.89. The maximum atomic E-state index is 13.3. The van der Waals surface area contributed by atoms with Gasteiger partial charge in [-0.2, -0.15) is 13.2 Å². The highest BCUT2D eigenvalue weighted by Crippen LogP contribution is 2.30. The van der Waals surface area contributed by atoms with E-state index in [4.69, 9.17) is 4.74 Å². The van der Waals surface area contributed by atoms with Gasteiger partial charge in [0, 0.05) is 11.3 Å². The van der Waals surface area contributed by atoms with Crippen LogP contribution < -0.4 is 15.5 Å². The quantitative estimate of drug-likeness (QED) is 0.662. The molecule has 1 atom stereocenters. The smallest absolute Gasteiger partial charge is 0.370 e. The summed E-state index contributed by atoms with van der Waals surface area (Å²) in [7, 11) is 0. The van der Waals surface area contributed by atoms with E-state index in [0.29, 0.717) is 13.2 Å². The number of benzene rings is 2. The molecule has 1 aliphatic heterocycles. The summed E-state index contributed by atoms with van der Waals surface area (Å²) in [6.07, 6.45) is -4.48. The summed E-state index contributed by atoms with van der Waals surface area (Å²) in [5, 5.41) is 5.14. The van der Waals surface area contributed by atoms with Gasteiger partial charge in [0.15, 0.2) is 0 Å². The number of ether oxygens (including phenoxy) is 1. The number of hydrogen-bond donors (Lipinski definition) is 3. The second-order valence-electron chi connectivity index (χ2n) is 6.79. The fraction of sp³-hybridized carbons (Fsp3) is 0.350. The zero-order chi connectivity index (χ0) is 20.9. The van der Waals surface area contributed by atoms with Crippen LogP contribution in [-0.2, 0) is 10.9 Å². The molecule has 0 spiro atoms. The second kappa shape index (κ2) is 9.23. The fourth-order valence-corrected chi connectivity index (χ4v) is 3.32. The number of alkyl halides is 3. The molecular weight excluding hydrogens is 390 g/mol. The van der Waals surface area contributed by atoms with E-state index >= 15 is 0 Å². The van der Waals surface area contributed by atoms with Crippen molar-refractivity contribution in [3.05, 3.63) is 65.5 Å². The van der Waals surface area contributed by atoms with Crippen molar-refractivity contribution in [1.82, 2.24) is 5.32 Å². The predicted octanol–water partition coefficient (Wildman–Crippen LogP) is 2.62. The van der Waals surface area contributed by atoms with Gasteiger partial charge in [0.1, 0.15) is 24.9 Å². The summed E-state index contributed by atoms with van der Waals surface area (Å²) < 4.78 is 57.1. The van der Waals surface area contributed by atoms with E-state index in [0.717, 1.165) is 30.8 Å². The summed E-state index contributed by atoms with van der Waals surface area (Å²) in [5.74, 6) is -0.347. The number of urea groups is 1. The zero-order valence-corrected chi connectivity index (χ0v) is 15.6. The Kier molecular flexibility index (Phi) is 6.71. The van der Waals surface area contributed by atoms with Crippen LogP contribution in [0.4, 0.5) is 28.0 Å². The average molecular weight is 412 g/mol. The first-order valence-electron chi connectivity index (χ1n) is 9.23. The number of nitrogens with one attached hydrogen (secondary N) is 3. The van der Waals surface area contributed by atoms with Crippen LogP contribution >= 0.6 is 0 Å². The molecule has 0 aliphatic carbocycles. The fourth-order valence-electron chi connectivity index (χ4n) is 3.32. The maximum Gasteiger partial charge on any atom is 0.416 e. The molecule has 2 aromatic carbocycles. The molecule has 1 aliphatic rings. The van der Waals surface area contributed by atoms with Crippen LogP contribution in [-0.4, -0.2) is 38.9 Å². The van der Waals surface area contributed by atoms with Crippen LogP contribution in [0, 0.1) is 5.82 Å². The van der Waals surface area contributed by atoms with E-state index in [9.17, 15) is 22.4 Å². The number of anilines is 1. The van der Waals surface area contributed by atoms with Crippen molar-refractivity contribution in [2.24, 2.45) is 0 Å². The Labute approximate surface area is 165 Å². The van der Waals surface area contributed by atoms with Gasteiger partial charge in [0.25, 0.3) is 0 Å². The highest BCUT2D eigenvalue weighted by Gasteiger charge is 2.31. The van der Waals surface area contributed by atoms with Crippen LogP contribution in [0.25, 0.3) is 0 Å². The van der Waals surface area contributed by atoms with Crippen molar-refractivity contribution in [2.75, 3.05) is 38.2 Å². The Morgan fingerprint density at radius 3 is 2.45 bits per heavy atom. The monoisotopic (exact) mass is 412 g/mol. The molecule has 9 heteroatoms. The Morgan fingerprint density at radius 2 is 1.79 bits per heavy atom. The second-order valence-corrected chi connectivity index (χ2v) is 6.79. The van der Waals surface area contributed by atoms with E-state index in [-0.39, 0.29) is 24.1 Å². The topological polar surface area (TPSA) is 54.8 Å². The largest absolute Gasteiger partial charge is 0.416 e. The minimum Gasteiger partial charge on any atom is -0.370 e. The number of rotatable bonds is 5. The third kappa shape index (κ3) is 5.91. The van der Waals surface area contributed by atoms with Crippen molar-refractivity contribution in [1.29, 1.82) is 0 Å². The Hall–Kier alpha value is -2.65. The maximum absolute atomic E-state index is 13.3. The third-order valence-electron chi connectivity index (χ3n) is 4.81. The number of amides is 2. The van der Waals surface area contributed by atoms with Gasteiger partial charge in [0.2, 0.25) is 0 Å². The van der Waals surface area contributed by atoms with E-state index in [1.165, 1.54) is 29.2 Å². The lowest BCUT2D eigenvalue weighted by atomic mass is 10.0. The van der Waals surface area contributed by atoms with Crippen LogP contribution in [0.5, 0.6) is 0 Å². The van der Waals surface area contributed by atoms with Crippen molar-refractivity contribution in [3.63, 3.8) is 0 Å². The zero-order valence-electron chi connectivity index (χ0n) is 15.6. The van der Waals surface area contributed by atoms with Crippen LogP contribution in [0.2, 0.25) is 0 Å². The predicted molar refractivity (Wildman–Crippen MR) is 99.1 cm³/mol. The van der Waals surface area contributed by atoms with E-state index in [2.05, 4.69) is 10.6 Å². The van der Waals surface area contributed by atoms with Crippen molar-refractivity contribution >= 4 is 11.7 Å². The SMILES string of the molecule is O=C(NC[C@H](c1ccc(F)cc1)[NH+]1CCOCC1)Nc1cccc(C(F)(F)F)c1. The molecule has 0 saturated carbocycles. The van der Waals surface area contributed by atoms with Crippen LogP contribution in [0.3, 0.4) is 0 Å². The van der Waals surface area contributed by atoms with Crippen LogP contribution in [0.15, 0.2) is 48.5 Å². The number of carbonyl (C=O) groups excluding carboxylic acids is 1. The first kappa shape index (κ1) is 21.1. The van der Waals surface area contributed by atoms with Crippen LogP contribution in [0.1, 0.15) is 17.2 Å². The van der Waals surface area contributed by atoms with Crippen molar-refractivity contribution in [3.8, 4) is 0 Å². The Bertz CT molecular complexity index is 821. The molecule has 29 heavy (non-hydrogen) atoms. The highest BCUT2D eigenvalue weighted by atomic mass is 19.4. The Morgan fingerprint density at radius 1 is 1.10 bits per heavy atom. The lowest BCUT2D eigenvalue weighted by Crippen LogP contribution is -3.15. The van der Waals surface area contributed by atoms with Gasteiger partial charge < -0.3 is 20.3 Å². The first-order chi connectivity index (χ1) is 13.8. The number of carbonyl (C=O) groups is 1. The molecule has 1 saturated heterocycles. The van der Waals surface area contributed by atoms with Gasteiger partial charge in [-0.3, -0.25) is 0 Å². The number of quaternary nitrogens is 1. The molecule has 2 amide bonds. The molecular formula is C20H22F4N3O2+. The molecule has 0 bridgehead atoms. The summed E-state index contributed by atoms with van der Waals surface area (Å²) in [4.78, 5) is 13.4. The lowest BCUT2D eigenvalue weighted by Gasteiger charge is -2.32. The molecule has 0 radical (unpaired) electrons. The normalized spacial score (nSPS) is 16.3. The van der Waals surface area contributed by atoms with E-state index < -0.39 is 17.8 Å². The van der Waals surface area contributed by atoms with Crippen molar-refractivity contribution < 1.29 is 32.0 Å². The minimum absolute atomic E-state index is 0.0503. The van der Waals surface area contributed by atoms with Gasteiger partial charge >= 0.3 is 12.2 Å². The molecule has 0 unspecified atom stereocenters. The van der Waals surface area contributed by atoms with E-state index in [1.54, 1.807) is 12.1 Å². The molecule has 3 rings (SSSR count). The minimum atomic E-state index is -4.48. The number of hydrogen-bond acceptors (Lipinski definition) is 2. The number of halogens is 4. The summed E-state index contributed by atoms with van der Waals surface area (Å²) in [6, 6.07) is 9.78. The Balaban J connectivity index is 1.65. The van der Waals surface area contributed by atoms with Gasteiger partial charge in [-0.15, -0.1) is 0 Å². The third-order valence-corrected chi connectivity index (χ3v) is 4.81. The summed E-state index contributed by atoms with van der Waals surface area (Å²) in [5.41, 5.74) is 0.0781. The molecule has 1 fully saturated rings.